The van der Waals surface area contributed by atoms with Crippen molar-refractivity contribution in [3.63, 3.8) is 0 Å². The molecule has 2 aromatic rings. The lowest BCUT2D eigenvalue weighted by atomic mass is 10.4. The second-order valence-corrected chi connectivity index (χ2v) is 5.12. The lowest BCUT2D eigenvalue weighted by molar-refractivity contribution is 0.0591. The molecule has 0 atom stereocenters. The van der Waals surface area contributed by atoms with E-state index in [9.17, 15) is 4.79 Å². The van der Waals surface area contributed by atoms with Gasteiger partial charge >= 0.3 is 5.97 Å². The maximum atomic E-state index is 11.6. The maximum absolute atomic E-state index is 11.6. The van der Waals surface area contributed by atoms with Crippen molar-refractivity contribution in [2.75, 3.05) is 7.11 Å². The third-order valence-electron chi connectivity index (χ3n) is 2.20. The Balaban J connectivity index is 2.60. The summed E-state index contributed by atoms with van der Waals surface area (Å²) in [6.45, 7) is 0. The van der Waals surface area contributed by atoms with Gasteiger partial charge in [0.25, 0.3) is 0 Å². The van der Waals surface area contributed by atoms with Crippen molar-refractivity contribution in [1.82, 2.24) is 9.55 Å². The zero-order chi connectivity index (χ0) is 13.3. The molecule has 0 unspecified atom stereocenters. The van der Waals surface area contributed by atoms with Crippen LogP contribution in [0.3, 0.4) is 0 Å². The van der Waals surface area contributed by atoms with Crippen molar-refractivity contribution in [2.24, 2.45) is 0 Å². The fourth-order valence-corrected chi connectivity index (χ4v) is 2.34. The van der Waals surface area contributed by atoms with Crippen molar-refractivity contribution >= 4 is 45.1 Å². The van der Waals surface area contributed by atoms with Gasteiger partial charge in [0.05, 0.1) is 17.2 Å². The quantitative estimate of drug-likeness (QED) is 0.776. The molecule has 0 saturated carbocycles. The minimum Gasteiger partial charge on any atom is -0.464 e. The van der Waals surface area contributed by atoms with Crippen molar-refractivity contribution in [1.29, 1.82) is 0 Å². The first kappa shape index (κ1) is 13.4. The number of hydrogen-bond donors (Lipinski definition) is 0. The average molecular weight is 350 g/mol. The summed E-state index contributed by atoms with van der Waals surface area (Å²) in [5.74, 6) is -0.0688. The molecule has 4 nitrogen and oxygen atoms in total. The normalized spacial score (nSPS) is 10.4. The van der Waals surface area contributed by atoms with E-state index in [2.05, 4.69) is 20.9 Å². The third-order valence-corrected chi connectivity index (χ3v) is 3.12. The molecule has 18 heavy (non-hydrogen) atoms. The summed E-state index contributed by atoms with van der Waals surface area (Å²) in [4.78, 5) is 15.7. The molecular weight excluding hydrogens is 343 g/mol. The predicted molar refractivity (Wildman–Crippen MR) is 72.6 cm³/mol. The van der Waals surface area contributed by atoms with Crippen molar-refractivity contribution in [3.8, 4) is 5.82 Å². The first-order valence-corrected chi connectivity index (χ1v) is 6.35. The Morgan fingerprint density at radius 1 is 1.44 bits per heavy atom. The molecule has 0 N–H and O–H groups in total. The molecule has 0 radical (unpaired) electrons. The number of aromatic nitrogens is 2. The molecule has 0 aliphatic rings. The Labute approximate surface area is 122 Å². The van der Waals surface area contributed by atoms with Gasteiger partial charge < -0.3 is 4.74 Å². The van der Waals surface area contributed by atoms with E-state index in [1.165, 1.54) is 17.9 Å². The van der Waals surface area contributed by atoms with Crippen LogP contribution in [0.2, 0.25) is 10.0 Å². The molecule has 0 bridgehead atoms. The summed E-state index contributed by atoms with van der Waals surface area (Å²) in [5, 5.41) is 0.769. The van der Waals surface area contributed by atoms with Gasteiger partial charge in [-0.25, -0.2) is 9.78 Å². The van der Waals surface area contributed by atoms with E-state index in [4.69, 9.17) is 27.9 Å². The van der Waals surface area contributed by atoms with Gasteiger partial charge in [-0.15, -0.1) is 0 Å². The van der Waals surface area contributed by atoms with Crippen LogP contribution in [0.15, 0.2) is 29.0 Å². The molecule has 94 valence electrons. The number of pyridine rings is 1. The van der Waals surface area contributed by atoms with Crippen LogP contribution in [0.5, 0.6) is 0 Å². The summed E-state index contributed by atoms with van der Waals surface area (Å²) in [5.41, 5.74) is 0.320. The molecule has 7 heteroatoms. The summed E-state index contributed by atoms with van der Waals surface area (Å²) in [7, 11) is 1.31. The predicted octanol–water partition coefficient (Wildman–Crippen LogP) is 3.73. The summed E-state index contributed by atoms with van der Waals surface area (Å²) in [6, 6.07) is 3.18. The minimum absolute atomic E-state index is 0.320. The molecule has 0 aliphatic carbocycles. The first-order valence-electron chi connectivity index (χ1n) is 4.80. The van der Waals surface area contributed by atoms with Gasteiger partial charge in [-0.1, -0.05) is 23.2 Å². The number of carbonyl (C=O) groups excluding carboxylic acids is 1. The molecule has 0 aromatic carbocycles. The third kappa shape index (κ3) is 2.53. The number of carbonyl (C=O) groups is 1. The number of ether oxygens (including phenoxy) is 1. The second kappa shape index (κ2) is 5.30. The summed E-state index contributed by atoms with van der Waals surface area (Å²) < 4.78 is 6.95. The molecule has 0 fully saturated rings. The van der Waals surface area contributed by atoms with Gasteiger partial charge in [-0.3, -0.25) is 4.57 Å². The molecule has 2 heterocycles. The molecular formula is C11H7BrCl2N2O2. The minimum atomic E-state index is -0.478. The molecule has 0 amide bonds. The fraction of sp³-hybridized carbons (Fsp3) is 0.0909. The number of rotatable bonds is 2. The van der Waals surface area contributed by atoms with E-state index in [1.807, 2.05) is 0 Å². The Hall–Kier alpha value is -1.04. The van der Waals surface area contributed by atoms with Crippen molar-refractivity contribution < 1.29 is 9.53 Å². The van der Waals surface area contributed by atoms with E-state index in [0.29, 0.717) is 21.6 Å². The Kier molecular flexibility index (Phi) is 3.94. The van der Waals surface area contributed by atoms with Crippen LogP contribution in [0.1, 0.15) is 10.5 Å². The first-order chi connectivity index (χ1) is 8.52. The van der Waals surface area contributed by atoms with Crippen LogP contribution in [-0.4, -0.2) is 22.6 Å². The van der Waals surface area contributed by atoms with Gasteiger partial charge in [0.15, 0.2) is 5.82 Å². The lowest BCUT2D eigenvalue weighted by Gasteiger charge is -2.08. The van der Waals surface area contributed by atoms with Crippen molar-refractivity contribution in [3.05, 3.63) is 44.7 Å². The van der Waals surface area contributed by atoms with E-state index < -0.39 is 5.97 Å². The Morgan fingerprint density at radius 2 is 2.17 bits per heavy atom. The van der Waals surface area contributed by atoms with Gasteiger partial charge in [-0.05, 0) is 28.1 Å². The van der Waals surface area contributed by atoms with Crippen LogP contribution in [0, 0.1) is 0 Å². The zero-order valence-corrected chi connectivity index (χ0v) is 12.3. The molecule has 0 saturated heterocycles. The highest BCUT2D eigenvalue weighted by molar-refractivity contribution is 9.10. The highest BCUT2D eigenvalue weighted by Crippen LogP contribution is 2.26. The van der Waals surface area contributed by atoms with E-state index >= 15 is 0 Å². The number of methoxy groups -OCH3 is 1. The van der Waals surface area contributed by atoms with E-state index in [0.717, 1.165) is 4.47 Å². The SMILES string of the molecule is COC(=O)c1cc(Br)cn1-c1ncc(Cl)cc1Cl. The van der Waals surface area contributed by atoms with Gasteiger partial charge in [0.1, 0.15) is 5.69 Å². The summed E-state index contributed by atoms with van der Waals surface area (Å²) in [6.07, 6.45) is 3.13. The van der Waals surface area contributed by atoms with Gasteiger partial charge in [0, 0.05) is 16.9 Å². The molecule has 0 spiro atoms. The van der Waals surface area contributed by atoms with Gasteiger partial charge in [0.2, 0.25) is 0 Å². The van der Waals surface area contributed by atoms with E-state index in [1.54, 1.807) is 18.3 Å². The largest absolute Gasteiger partial charge is 0.464 e. The second-order valence-electron chi connectivity index (χ2n) is 3.36. The van der Waals surface area contributed by atoms with Crippen LogP contribution >= 0.6 is 39.1 Å². The number of halogens is 3. The smallest absolute Gasteiger partial charge is 0.355 e. The monoisotopic (exact) mass is 348 g/mol. The Morgan fingerprint density at radius 3 is 2.78 bits per heavy atom. The number of esters is 1. The van der Waals surface area contributed by atoms with Crippen molar-refractivity contribution in [2.45, 2.75) is 0 Å². The zero-order valence-electron chi connectivity index (χ0n) is 9.15. The topological polar surface area (TPSA) is 44.1 Å². The highest BCUT2D eigenvalue weighted by atomic mass is 79.9. The molecule has 0 aliphatic heterocycles. The van der Waals surface area contributed by atoms with Crippen LogP contribution in [-0.2, 0) is 4.74 Å². The van der Waals surface area contributed by atoms with Crippen LogP contribution in [0.25, 0.3) is 5.82 Å². The fourth-order valence-electron chi connectivity index (χ4n) is 1.45. The number of nitrogens with zero attached hydrogens (tertiary/aromatic N) is 2. The highest BCUT2D eigenvalue weighted by Gasteiger charge is 2.17. The van der Waals surface area contributed by atoms with Crippen LogP contribution < -0.4 is 0 Å². The number of hydrogen-bond acceptors (Lipinski definition) is 3. The maximum Gasteiger partial charge on any atom is 0.355 e. The standard InChI is InChI=1S/C11H7BrCl2N2O2/c1-18-11(17)9-2-6(12)5-16(9)10-8(14)3-7(13)4-15-10/h2-5H,1H3. The average Bonchev–Trinajstić information content (AvgIpc) is 2.70. The van der Waals surface area contributed by atoms with E-state index in [-0.39, 0.29) is 0 Å². The lowest BCUT2D eigenvalue weighted by Crippen LogP contribution is -2.09. The van der Waals surface area contributed by atoms with Crippen LogP contribution in [0.4, 0.5) is 0 Å². The summed E-state index contributed by atoms with van der Waals surface area (Å²) >= 11 is 15.1. The van der Waals surface area contributed by atoms with Gasteiger partial charge in [-0.2, -0.15) is 0 Å². The molecule has 2 rings (SSSR count). The Bertz CT molecular complexity index is 613. The molecule has 2 aromatic heterocycles.